The molecule has 18 heavy (non-hydrogen) atoms. The van der Waals surface area contributed by atoms with E-state index in [1.165, 1.54) is 0 Å². The maximum Gasteiger partial charge on any atom is 1.00 e. The Kier molecular flexibility index (Phi) is 14.9. The number of carboxylic acid groups (broad SMARTS) is 1. The molecule has 0 aromatic carbocycles. The fraction of sp³-hybridized carbons (Fsp3) is 0.727. The molecule has 0 aliphatic heterocycles. The van der Waals surface area contributed by atoms with Crippen LogP contribution in [0.3, 0.4) is 0 Å². The molecular formula is C11H20KNO4S. The number of carbonyl (C=O) groups is 1. The van der Waals surface area contributed by atoms with Gasteiger partial charge in [0.25, 0.3) is 0 Å². The van der Waals surface area contributed by atoms with E-state index in [9.17, 15) is 18.3 Å². The van der Waals surface area contributed by atoms with Crippen LogP contribution in [0.25, 0.3) is 0 Å². The Hall–Kier alpha value is 0.756. The van der Waals surface area contributed by atoms with E-state index < -0.39 is 16.0 Å². The summed E-state index contributed by atoms with van der Waals surface area (Å²) in [4.78, 5) is 10.1. The third kappa shape index (κ3) is 14.8. The zero-order chi connectivity index (χ0) is 13.1. The summed E-state index contributed by atoms with van der Waals surface area (Å²) < 4.78 is 24.7. The van der Waals surface area contributed by atoms with Crippen LogP contribution in [0.4, 0.5) is 0 Å². The fourth-order valence-corrected chi connectivity index (χ4v) is 2.10. The maximum absolute atomic E-state index is 11.3. The number of hydrogen-bond acceptors (Lipinski definition) is 4. The van der Waals surface area contributed by atoms with Crippen molar-refractivity contribution < 1.29 is 69.7 Å². The third-order valence-electron chi connectivity index (χ3n) is 2.13. The summed E-state index contributed by atoms with van der Waals surface area (Å²) in [7, 11) is -3.49. The molecule has 0 amide bonds. The molecule has 0 radical (unpaired) electrons. The second-order valence-electron chi connectivity index (χ2n) is 3.78. The van der Waals surface area contributed by atoms with Crippen molar-refractivity contribution >= 4 is 16.0 Å². The number of unbranched alkanes of at least 4 members (excludes halogenated alkanes) is 4. The van der Waals surface area contributed by atoms with Gasteiger partial charge in [0, 0.05) is 24.3 Å². The number of carboxylic acids is 1. The topological polar surface area (TPSA) is 86.3 Å². The zero-order valence-corrected chi connectivity index (χ0v) is 15.1. The van der Waals surface area contributed by atoms with Crippen molar-refractivity contribution in [1.29, 1.82) is 0 Å². The van der Waals surface area contributed by atoms with E-state index in [1.54, 1.807) is 6.08 Å². The number of carbonyl (C=O) groups excluding carboxylic acids is 1. The second-order valence-corrected chi connectivity index (χ2v) is 5.43. The van der Waals surface area contributed by atoms with E-state index in [0.717, 1.165) is 37.5 Å². The SMILES string of the molecule is CCCCCC/C=C/S(=O)(=O)NCCC(=O)[O-].[K+]. The molecule has 7 heteroatoms. The molecule has 0 saturated heterocycles. The first kappa shape index (κ1) is 21.1. The largest absolute Gasteiger partial charge is 1.00 e. The van der Waals surface area contributed by atoms with Crippen LogP contribution in [-0.4, -0.2) is 20.9 Å². The smallest absolute Gasteiger partial charge is 0.550 e. The minimum Gasteiger partial charge on any atom is -0.550 e. The summed E-state index contributed by atoms with van der Waals surface area (Å²) in [6.07, 6.45) is 6.37. The van der Waals surface area contributed by atoms with Crippen LogP contribution in [0.5, 0.6) is 0 Å². The standard InChI is InChI=1S/C11H21NO4S.K/c1-2-3-4-5-6-7-10-17(15,16)12-9-8-11(13)14;/h7,10,12H,2-6,8-9H2,1H3,(H,13,14);/q;+1/p-1/b10-7+;. The average molecular weight is 301 g/mol. The van der Waals surface area contributed by atoms with Crippen molar-refractivity contribution in [2.24, 2.45) is 0 Å². The van der Waals surface area contributed by atoms with Crippen LogP contribution in [0.1, 0.15) is 45.4 Å². The van der Waals surface area contributed by atoms with E-state index in [2.05, 4.69) is 11.6 Å². The van der Waals surface area contributed by atoms with Crippen molar-refractivity contribution in [1.82, 2.24) is 4.72 Å². The Balaban J connectivity index is 0. The van der Waals surface area contributed by atoms with Gasteiger partial charge in [0.05, 0.1) is 0 Å². The van der Waals surface area contributed by atoms with Crippen LogP contribution >= 0.6 is 0 Å². The quantitative estimate of drug-likeness (QED) is 0.358. The summed E-state index contributed by atoms with van der Waals surface area (Å²) >= 11 is 0. The van der Waals surface area contributed by atoms with Crippen LogP contribution in [0.2, 0.25) is 0 Å². The molecule has 0 rings (SSSR count). The summed E-state index contributed by atoms with van der Waals surface area (Å²) in [5.74, 6) is -1.27. The molecule has 0 heterocycles. The van der Waals surface area contributed by atoms with Gasteiger partial charge in [-0.05, 0) is 12.8 Å². The van der Waals surface area contributed by atoms with Gasteiger partial charge < -0.3 is 9.90 Å². The number of allylic oxidation sites excluding steroid dienone is 1. The number of hydrogen-bond donors (Lipinski definition) is 1. The first-order valence-electron chi connectivity index (χ1n) is 5.84. The molecule has 0 aromatic heterocycles. The predicted molar refractivity (Wildman–Crippen MR) is 64.4 cm³/mol. The Morgan fingerprint density at radius 1 is 1.28 bits per heavy atom. The minimum atomic E-state index is -3.49. The molecule has 0 fully saturated rings. The van der Waals surface area contributed by atoms with Crippen molar-refractivity contribution in [2.45, 2.75) is 45.4 Å². The van der Waals surface area contributed by atoms with E-state index >= 15 is 0 Å². The van der Waals surface area contributed by atoms with Crippen LogP contribution in [-0.2, 0) is 14.8 Å². The number of aliphatic carboxylic acids is 1. The van der Waals surface area contributed by atoms with E-state index in [4.69, 9.17) is 0 Å². The van der Waals surface area contributed by atoms with Gasteiger partial charge in [-0.3, -0.25) is 0 Å². The number of sulfonamides is 1. The Labute approximate surface area is 152 Å². The van der Waals surface area contributed by atoms with Gasteiger partial charge in [-0.1, -0.05) is 32.3 Å². The third-order valence-corrected chi connectivity index (χ3v) is 3.29. The van der Waals surface area contributed by atoms with E-state index in [-0.39, 0.29) is 64.4 Å². The van der Waals surface area contributed by atoms with Gasteiger partial charge in [0.2, 0.25) is 10.0 Å². The van der Waals surface area contributed by atoms with Crippen molar-refractivity contribution in [3.05, 3.63) is 11.5 Å². The Morgan fingerprint density at radius 2 is 1.94 bits per heavy atom. The molecule has 0 aliphatic rings. The number of nitrogens with one attached hydrogen (secondary N) is 1. The van der Waals surface area contributed by atoms with Crippen LogP contribution < -0.4 is 61.2 Å². The Morgan fingerprint density at radius 3 is 2.50 bits per heavy atom. The van der Waals surface area contributed by atoms with Crippen molar-refractivity contribution in [3.8, 4) is 0 Å². The molecule has 0 spiro atoms. The van der Waals surface area contributed by atoms with Gasteiger partial charge in [0.1, 0.15) is 0 Å². The van der Waals surface area contributed by atoms with Crippen LogP contribution in [0, 0.1) is 0 Å². The van der Waals surface area contributed by atoms with Crippen molar-refractivity contribution in [2.75, 3.05) is 6.54 Å². The molecule has 0 atom stereocenters. The normalized spacial score (nSPS) is 11.4. The predicted octanol–water partition coefficient (Wildman–Crippen LogP) is -2.47. The second kappa shape index (κ2) is 12.8. The van der Waals surface area contributed by atoms with Gasteiger partial charge in [-0.15, -0.1) is 0 Å². The van der Waals surface area contributed by atoms with Gasteiger partial charge >= 0.3 is 51.4 Å². The molecule has 5 nitrogen and oxygen atoms in total. The summed E-state index contributed by atoms with van der Waals surface area (Å²) in [5, 5.41) is 11.2. The van der Waals surface area contributed by atoms with E-state index in [0.29, 0.717) is 0 Å². The van der Waals surface area contributed by atoms with Gasteiger partial charge in [-0.2, -0.15) is 0 Å². The maximum atomic E-state index is 11.3. The average Bonchev–Trinajstić information content (AvgIpc) is 2.22. The first-order chi connectivity index (χ1) is 7.98. The summed E-state index contributed by atoms with van der Waals surface area (Å²) in [6, 6.07) is 0. The summed E-state index contributed by atoms with van der Waals surface area (Å²) in [6.45, 7) is 1.98. The number of rotatable bonds is 10. The molecule has 0 aromatic rings. The Bertz CT molecular complexity index is 341. The first-order valence-corrected chi connectivity index (χ1v) is 7.38. The zero-order valence-electron chi connectivity index (χ0n) is 11.1. The van der Waals surface area contributed by atoms with E-state index in [1.807, 2.05) is 0 Å². The molecule has 100 valence electrons. The van der Waals surface area contributed by atoms with Crippen molar-refractivity contribution in [3.63, 3.8) is 0 Å². The molecule has 1 N–H and O–H groups in total. The molecule has 0 bridgehead atoms. The molecular weight excluding hydrogens is 281 g/mol. The molecule has 0 saturated carbocycles. The van der Waals surface area contributed by atoms with Gasteiger partial charge in [0.15, 0.2) is 0 Å². The minimum absolute atomic E-state index is 0. The van der Waals surface area contributed by atoms with Crippen LogP contribution in [0.15, 0.2) is 11.5 Å². The monoisotopic (exact) mass is 301 g/mol. The molecule has 0 unspecified atom stereocenters. The van der Waals surface area contributed by atoms with Gasteiger partial charge in [-0.25, -0.2) is 13.1 Å². The molecule has 0 aliphatic carbocycles. The fourth-order valence-electron chi connectivity index (χ4n) is 1.23. The summed E-state index contributed by atoms with van der Waals surface area (Å²) in [5.41, 5.74) is 0.